The fourth-order valence-electron chi connectivity index (χ4n) is 4.82. The van der Waals surface area contributed by atoms with Crippen molar-refractivity contribution in [2.75, 3.05) is 6.61 Å². The molecule has 2 nitrogen and oxygen atoms in total. The quantitative estimate of drug-likeness (QED) is 0.262. The lowest BCUT2D eigenvalue weighted by atomic mass is 9.78. The van der Waals surface area contributed by atoms with E-state index in [2.05, 4.69) is 6.58 Å². The first kappa shape index (κ1) is 22.7. The summed E-state index contributed by atoms with van der Waals surface area (Å²) in [5.74, 6) is -0.774. The van der Waals surface area contributed by atoms with Gasteiger partial charge in [-0.2, -0.15) is 0 Å². The standard InChI is InChI=1S/C29H27F3O2/c1-2-18-3-6-20(7-4-18)23-13-14-24(29(32)28(23)31)21-8-10-22(11-9-21)33-16-19-5-12-25(26(30)15-19)27-17-34-27/h2,5,8-15,18,20,27H,1,3-4,6-7,16-17H2. The third-order valence-corrected chi connectivity index (χ3v) is 6.97. The van der Waals surface area contributed by atoms with Crippen molar-refractivity contribution in [1.29, 1.82) is 0 Å². The number of hydrogen-bond donors (Lipinski definition) is 0. The molecule has 5 heteroatoms. The van der Waals surface area contributed by atoms with E-state index in [0.717, 1.165) is 25.7 Å². The van der Waals surface area contributed by atoms with E-state index in [-0.39, 0.29) is 30.0 Å². The molecule has 0 bridgehead atoms. The zero-order chi connectivity index (χ0) is 23.7. The van der Waals surface area contributed by atoms with E-state index >= 15 is 0 Å². The van der Waals surface area contributed by atoms with Crippen molar-refractivity contribution in [1.82, 2.24) is 0 Å². The van der Waals surface area contributed by atoms with Gasteiger partial charge in [-0.25, -0.2) is 13.2 Å². The van der Waals surface area contributed by atoms with Gasteiger partial charge in [0.05, 0.1) is 6.61 Å². The largest absolute Gasteiger partial charge is 0.489 e. The molecule has 0 aromatic heterocycles. The minimum atomic E-state index is -0.813. The van der Waals surface area contributed by atoms with Gasteiger partial charge < -0.3 is 9.47 Å². The van der Waals surface area contributed by atoms with Crippen LogP contribution in [0, 0.1) is 23.4 Å². The highest BCUT2D eigenvalue weighted by Crippen LogP contribution is 2.39. The average molecular weight is 465 g/mol. The molecule has 1 unspecified atom stereocenters. The van der Waals surface area contributed by atoms with Gasteiger partial charge in [-0.1, -0.05) is 42.5 Å². The summed E-state index contributed by atoms with van der Waals surface area (Å²) in [5.41, 5.74) is 2.54. The number of rotatable bonds is 7. The zero-order valence-electron chi connectivity index (χ0n) is 18.9. The van der Waals surface area contributed by atoms with Gasteiger partial charge in [0.1, 0.15) is 24.3 Å². The summed E-state index contributed by atoms with van der Waals surface area (Å²) < 4.78 is 55.0. The van der Waals surface area contributed by atoms with Gasteiger partial charge in [0, 0.05) is 11.1 Å². The van der Waals surface area contributed by atoms with E-state index in [1.54, 1.807) is 42.5 Å². The maximum atomic E-state index is 15.0. The van der Waals surface area contributed by atoms with Gasteiger partial charge in [0.15, 0.2) is 11.6 Å². The Balaban J connectivity index is 1.25. The third-order valence-electron chi connectivity index (χ3n) is 6.97. The summed E-state index contributed by atoms with van der Waals surface area (Å²) in [5, 5.41) is 0. The molecule has 1 atom stereocenters. The molecule has 1 saturated heterocycles. The van der Waals surface area contributed by atoms with Crippen molar-refractivity contribution in [2.24, 2.45) is 5.92 Å². The van der Waals surface area contributed by atoms with Gasteiger partial charge in [0.2, 0.25) is 0 Å². The molecule has 1 saturated carbocycles. The molecule has 1 heterocycles. The summed E-state index contributed by atoms with van der Waals surface area (Å²) >= 11 is 0. The lowest BCUT2D eigenvalue weighted by Gasteiger charge is -2.27. The zero-order valence-corrected chi connectivity index (χ0v) is 18.9. The van der Waals surface area contributed by atoms with Crippen LogP contribution in [-0.4, -0.2) is 6.61 Å². The highest BCUT2D eigenvalue weighted by atomic mass is 19.2. The van der Waals surface area contributed by atoms with Crippen LogP contribution >= 0.6 is 0 Å². The Morgan fingerprint density at radius 1 is 0.882 bits per heavy atom. The second kappa shape index (κ2) is 9.67. The van der Waals surface area contributed by atoms with Gasteiger partial charge in [-0.05, 0) is 72.4 Å². The molecule has 0 spiro atoms. The van der Waals surface area contributed by atoms with Crippen molar-refractivity contribution in [2.45, 2.75) is 44.3 Å². The molecular weight excluding hydrogens is 437 g/mol. The molecule has 2 fully saturated rings. The van der Waals surface area contributed by atoms with Crippen LogP contribution in [0.1, 0.15) is 54.4 Å². The Labute approximate surface area is 198 Å². The summed E-state index contributed by atoms with van der Waals surface area (Å²) in [7, 11) is 0. The number of hydrogen-bond acceptors (Lipinski definition) is 2. The normalized spacial score (nSPS) is 21.8. The second-order valence-corrected chi connectivity index (χ2v) is 9.17. The molecule has 5 rings (SSSR count). The minimum Gasteiger partial charge on any atom is -0.489 e. The van der Waals surface area contributed by atoms with Crippen molar-refractivity contribution in [3.05, 3.63) is 101 Å². The van der Waals surface area contributed by atoms with E-state index in [0.29, 0.717) is 40.5 Å². The van der Waals surface area contributed by atoms with Crippen LogP contribution in [0.25, 0.3) is 11.1 Å². The Bertz CT molecular complexity index is 1180. The van der Waals surface area contributed by atoms with Gasteiger partial charge >= 0.3 is 0 Å². The van der Waals surface area contributed by atoms with Gasteiger partial charge in [-0.3, -0.25) is 0 Å². The van der Waals surface area contributed by atoms with Crippen LogP contribution in [0.2, 0.25) is 0 Å². The highest BCUT2D eigenvalue weighted by molar-refractivity contribution is 5.65. The molecule has 176 valence electrons. The van der Waals surface area contributed by atoms with E-state index in [9.17, 15) is 13.2 Å². The number of allylic oxidation sites excluding steroid dienone is 1. The summed E-state index contributed by atoms with van der Waals surface area (Å²) in [6, 6.07) is 15.2. The third kappa shape index (κ3) is 4.76. The smallest absolute Gasteiger partial charge is 0.166 e. The molecule has 0 amide bonds. The van der Waals surface area contributed by atoms with Crippen LogP contribution in [0.3, 0.4) is 0 Å². The number of epoxide rings is 1. The van der Waals surface area contributed by atoms with Crippen molar-refractivity contribution in [3.63, 3.8) is 0 Å². The first-order chi connectivity index (χ1) is 16.5. The molecule has 1 aliphatic carbocycles. The SMILES string of the molecule is C=CC1CCC(c2ccc(-c3ccc(OCc4ccc(C5CO5)c(F)c4)cc3)c(F)c2F)CC1. The van der Waals surface area contributed by atoms with Gasteiger partial charge in [0.25, 0.3) is 0 Å². The Hall–Kier alpha value is -3.05. The first-order valence-corrected chi connectivity index (χ1v) is 11.8. The van der Waals surface area contributed by atoms with Crippen LogP contribution in [0.4, 0.5) is 13.2 Å². The predicted molar refractivity (Wildman–Crippen MR) is 126 cm³/mol. The Kier molecular flexibility index (Phi) is 6.46. The lowest BCUT2D eigenvalue weighted by Crippen LogP contribution is -2.13. The molecule has 3 aromatic carbocycles. The Morgan fingerprint density at radius 3 is 2.24 bits per heavy atom. The first-order valence-electron chi connectivity index (χ1n) is 11.8. The number of halogens is 3. The molecule has 0 N–H and O–H groups in total. The van der Waals surface area contributed by atoms with E-state index in [1.807, 2.05) is 12.1 Å². The summed E-state index contributed by atoms with van der Waals surface area (Å²) in [4.78, 5) is 0. The maximum Gasteiger partial charge on any atom is 0.166 e. The molecular formula is C29H27F3O2. The predicted octanol–water partition coefficient (Wildman–Crippen LogP) is 7.88. The Morgan fingerprint density at radius 2 is 1.59 bits per heavy atom. The van der Waals surface area contributed by atoms with Crippen LogP contribution < -0.4 is 4.74 Å². The van der Waals surface area contributed by atoms with Gasteiger partial charge in [-0.15, -0.1) is 6.58 Å². The molecule has 1 aliphatic heterocycles. The second-order valence-electron chi connectivity index (χ2n) is 9.17. The van der Waals surface area contributed by atoms with Crippen LogP contribution in [0.15, 0.2) is 67.3 Å². The van der Waals surface area contributed by atoms with Crippen molar-refractivity contribution in [3.8, 4) is 16.9 Å². The van der Waals surface area contributed by atoms with E-state index in [1.165, 1.54) is 6.07 Å². The fraction of sp³-hybridized carbons (Fsp3) is 0.310. The number of benzene rings is 3. The number of ether oxygens (including phenoxy) is 2. The van der Waals surface area contributed by atoms with Crippen LogP contribution in [0.5, 0.6) is 5.75 Å². The molecule has 34 heavy (non-hydrogen) atoms. The van der Waals surface area contributed by atoms with Crippen molar-refractivity contribution < 1.29 is 22.6 Å². The minimum absolute atomic E-state index is 0.0474. The summed E-state index contributed by atoms with van der Waals surface area (Å²) in [6.07, 6.45) is 5.45. The molecule has 2 aliphatic rings. The van der Waals surface area contributed by atoms with E-state index < -0.39 is 11.6 Å². The fourth-order valence-corrected chi connectivity index (χ4v) is 4.82. The lowest BCUT2D eigenvalue weighted by molar-refractivity contribution is 0.305. The highest BCUT2D eigenvalue weighted by Gasteiger charge is 2.28. The monoisotopic (exact) mass is 464 g/mol. The summed E-state index contributed by atoms with van der Waals surface area (Å²) in [6.45, 7) is 4.61. The van der Waals surface area contributed by atoms with Crippen LogP contribution in [-0.2, 0) is 11.3 Å². The molecule has 0 radical (unpaired) electrons. The topological polar surface area (TPSA) is 21.8 Å². The average Bonchev–Trinajstić information content (AvgIpc) is 3.70. The van der Waals surface area contributed by atoms with Crippen molar-refractivity contribution >= 4 is 0 Å². The van der Waals surface area contributed by atoms with E-state index in [4.69, 9.17) is 9.47 Å². The maximum absolute atomic E-state index is 15.0. The molecule has 3 aromatic rings.